The Morgan fingerprint density at radius 2 is 1.76 bits per heavy atom. The predicted molar refractivity (Wildman–Crippen MR) is 95.4 cm³/mol. The molecular weight excluding hydrogens is 318 g/mol. The van der Waals surface area contributed by atoms with Crippen molar-refractivity contribution >= 4 is 5.91 Å². The van der Waals surface area contributed by atoms with Crippen LogP contribution < -0.4 is 19.5 Å². The molecule has 0 radical (unpaired) electrons. The Hall–Kier alpha value is -2.69. The molecule has 0 unspecified atom stereocenters. The first-order chi connectivity index (χ1) is 12.2. The van der Waals surface area contributed by atoms with Crippen LogP contribution in [0.4, 0.5) is 0 Å². The second-order valence-corrected chi connectivity index (χ2v) is 6.04. The number of fused-ring (bicyclic) bond motifs is 1. The van der Waals surface area contributed by atoms with Gasteiger partial charge in [-0.1, -0.05) is 24.3 Å². The minimum absolute atomic E-state index is 0.0544. The normalized spacial score (nSPS) is 15.4. The SMILES string of the molecule is COc1cc(CNC(=O)[C@H]2CCc3ccccc32)cc(OC)c1OC. The lowest BCUT2D eigenvalue weighted by atomic mass is 10.0. The zero-order chi connectivity index (χ0) is 17.8. The van der Waals surface area contributed by atoms with Crippen molar-refractivity contribution in [1.82, 2.24) is 5.32 Å². The highest BCUT2D eigenvalue weighted by atomic mass is 16.5. The molecular formula is C20H23NO4. The second kappa shape index (κ2) is 7.47. The van der Waals surface area contributed by atoms with E-state index in [1.807, 2.05) is 30.3 Å². The van der Waals surface area contributed by atoms with E-state index in [4.69, 9.17) is 14.2 Å². The maximum Gasteiger partial charge on any atom is 0.227 e. The summed E-state index contributed by atoms with van der Waals surface area (Å²) in [6, 6.07) is 11.9. The van der Waals surface area contributed by atoms with Crippen molar-refractivity contribution in [3.05, 3.63) is 53.1 Å². The van der Waals surface area contributed by atoms with Crippen LogP contribution in [0.5, 0.6) is 17.2 Å². The molecule has 0 heterocycles. The molecule has 1 atom stereocenters. The lowest BCUT2D eigenvalue weighted by molar-refractivity contribution is -0.122. The van der Waals surface area contributed by atoms with E-state index in [2.05, 4.69) is 11.4 Å². The van der Waals surface area contributed by atoms with Gasteiger partial charge in [0.25, 0.3) is 0 Å². The topological polar surface area (TPSA) is 56.8 Å². The summed E-state index contributed by atoms with van der Waals surface area (Å²) >= 11 is 0. The van der Waals surface area contributed by atoms with Gasteiger partial charge in [-0.25, -0.2) is 0 Å². The van der Waals surface area contributed by atoms with Crippen molar-refractivity contribution < 1.29 is 19.0 Å². The van der Waals surface area contributed by atoms with Crippen molar-refractivity contribution in [2.75, 3.05) is 21.3 Å². The Bertz CT molecular complexity index is 747. The van der Waals surface area contributed by atoms with Gasteiger partial charge in [0.2, 0.25) is 11.7 Å². The van der Waals surface area contributed by atoms with Gasteiger partial charge in [0, 0.05) is 6.54 Å². The highest BCUT2D eigenvalue weighted by Gasteiger charge is 2.28. The molecule has 5 heteroatoms. The molecule has 0 aliphatic heterocycles. The molecule has 1 N–H and O–H groups in total. The number of amides is 1. The molecule has 1 aliphatic rings. The summed E-state index contributed by atoms with van der Waals surface area (Å²) in [4.78, 5) is 12.6. The van der Waals surface area contributed by atoms with Gasteiger partial charge in [-0.2, -0.15) is 0 Å². The van der Waals surface area contributed by atoms with E-state index in [-0.39, 0.29) is 11.8 Å². The van der Waals surface area contributed by atoms with Crippen LogP contribution in [0, 0.1) is 0 Å². The van der Waals surface area contributed by atoms with Crippen LogP contribution in [-0.2, 0) is 17.8 Å². The summed E-state index contributed by atoms with van der Waals surface area (Å²) < 4.78 is 16.0. The van der Waals surface area contributed by atoms with Crippen LogP contribution in [0.1, 0.15) is 29.0 Å². The number of hydrogen-bond acceptors (Lipinski definition) is 4. The number of benzene rings is 2. The first kappa shape index (κ1) is 17.1. The van der Waals surface area contributed by atoms with Gasteiger partial charge in [0.15, 0.2) is 11.5 Å². The Balaban J connectivity index is 1.73. The van der Waals surface area contributed by atoms with Crippen molar-refractivity contribution in [2.45, 2.75) is 25.3 Å². The van der Waals surface area contributed by atoms with Crippen molar-refractivity contribution in [3.63, 3.8) is 0 Å². The summed E-state index contributed by atoms with van der Waals surface area (Å²) in [6.07, 6.45) is 1.82. The van der Waals surface area contributed by atoms with Crippen LogP contribution in [-0.4, -0.2) is 27.2 Å². The largest absolute Gasteiger partial charge is 0.493 e. The van der Waals surface area contributed by atoms with E-state index < -0.39 is 0 Å². The summed E-state index contributed by atoms with van der Waals surface area (Å²) in [5, 5.41) is 3.03. The van der Waals surface area contributed by atoms with E-state index in [0.717, 1.165) is 24.0 Å². The highest BCUT2D eigenvalue weighted by Crippen LogP contribution is 2.38. The number of rotatable bonds is 6. The number of carbonyl (C=O) groups is 1. The molecule has 0 spiro atoms. The maximum atomic E-state index is 12.6. The minimum Gasteiger partial charge on any atom is -0.493 e. The van der Waals surface area contributed by atoms with E-state index >= 15 is 0 Å². The zero-order valence-corrected chi connectivity index (χ0v) is 14.8. The summed E-state index contributed by atoms with van der Waals surface area (Å²) in [6.45, 7) is 0.411. The van der Waals surface area contributed by atoms with Gasteiger partial charge in [0.05, 0.1) is 27.2 Å². The Morgan fingerprint density at radius 3 is 2.40 bits per heavy atom. The quantitative estimate of drug-likeness (QED) is 0.877. The Morgan fingerprint density at radius 1 is 1.08 bits per heavy atom. The van der Waals surface area contributed by atoms with Crippen LogP contribution >= 0.6 is 0 Å². The molecule has 5 nitrogen and oxygen atoms in total. The lowest BCUT2D eigenvalue weighted by Crippen LogP contribution is -2.27. The fraction of sp³-hybridized carbons (Fsp3) is 0.350. The molecule has 2 aromatic rings. The molecule has 0 saturated heterocycles. The monoisotopic (exact) mass is 341 g/mol. The van der Waals surface area contributed by atoms with Crippen LogP contribution in [0.3, 0.4) is 0 Å². The highest BCUT2D eigenvalue weighted by molar-refractivity contribution is 5.85. The van der Waals surface area contributed by atoms with Gasteiger partial charge < -0.3 is 19.5 Å². The van der Waals surface area contributed by atoms with Gasteiger partial charge in [-0.3, -0.25) is 4.79 Å². The molecule has 1 aliphatic carbocycles. The van der Waals surface area contributed by atoms with Gasteiger partial charge in [0.1, 0.15) is 0 Å². The molecule has 0 bridgehead atoms. The number of hydrogen-bond donors (Lipinski definition) is 1. The zero-order valence-electron chi connectivity index (χ0n) is 14.8. The fourth-order valence-electron chi connectivity index (χ4n) is 3.38. The van der Waals surface area contributed by atoms with Crippen LogP contribution in [0.25, 0.3) is 0 Å². The maximum absolute atomic E-state index is 12.6. The average Bonchev–Trinajstić information content (AvgIpc) is 3.09. The van der Waals surface area contributed by atoms with Gasteiger partial charge in [-0.15, -0.1) is 0 Å². The number of carbonyl (C=O) groups excluding carboxylic acids is 1. The van der Waals surface area contributed by atoms with E-state index in [1.165, 1.54) is 5.56 Å². The van der Waals surface area contributed by atoms with Crippen LogP contribution in [0.2, 0.25) is 0 Å². The summed E-state index contributed by atoms with van der Waals surface area (Å²) in [7, 11) is 4.73. The predicted octanol–water partition coefficient (Wildman–Crippen LogP) is 3.06. The van der Waals surface area contributed by atoms with Crippen molar-refractivity contribution in [3.8, 4) is 17.2 Å². The third-order valence-corrected chi connectivity index (χ3v) is 4.64. The molecule has 25 heavy (non-hydrogen) atoms. The van der Waals surface area contributed by atoms with E-state index in [0.29, 0.717) is 23.8 Å². The van der Waals surface area contributed by atoms with Gasteiger partial charge in [-0.05, 0) is 41.7 Å². The smallest absolute Gasteiger partial charge is 0.227 e. The number of ether oxygens (including phenoxy) is 3. The molecule has 0 fully saturated rings. The molecule has 0 aromatic heterocycles. The molecule has 132 valence electrons. The first-order valence-corrected chi connectivity index (χ1v) is 8.32. The average molecular weight is 341 g/mol. The number of methoxy groups -OCH3 is 3. The minimum atomic E-state index is -0.0711. The van der Waals surface area contributed by atoms with Crippen molar-refractivity contribution in [1.29, 1.82) is 0 Å². The standard InChI is InChI=1S/C20H23NO4/c1-23-17-10-13(11-18(24-2)19(17)25-3)12-21-20(22)16-9-8-14-6-4-5-7-15(14)16/h4-7,10-11,16H,8-9,12H2,1-3H3,(H,21,22)/t16-/m0/s1. The molecule has 2 aromatic carbocycles. The van der Waals surface area contributed by atoms with Crippen molar-refractivity contribution in [2.24, 2.45) is 0 Å². The lowest BCUT2D eigenvalue weighted by Gasteiger charge is -2.16. The molecule has 1 amide bonds. The third-order valence-electron chi connectivity index (χ3n) is 4.64. The molecule has 3 rings (SSSR count). The summed E-state index contributed by atoms with van der Waals surface area (Å²) in [5.41, 5.74) is 3.31. The van der Waals surface area contributed by atoms with Gasteiger partial charge >= 0.3 is 0 Å². The Kier molecular flexibility index (Phi) is 5.12. The number of nitrogens with one attached hydrogen (secondary N) is 1. The summed E-state index contributed by atoms with van der Waals surface area (Å²) in [5.74, 6) is 1.69. The Labute approximate surface area is 147 Å². The fourth-order valence-corrected chi connectivity index (χ4v) is 3.38. The third kappa shape index (κ3) is 3.40. The van der Waals surface area contributed by atoms with Crippen LogP contribution in [0.15, 0.2) is 36.4 Å². The van der Waals surface area contributed by atoms with E-state index in [9.17, 15) is 4.79 Å². The first-order valence-electron chi connectivity index (χ1n) is 8.32. The second-order valence-electron chi connectivity index (χ2n) is 6.04. The molecule has 0 saturated carbocycles. The number of aryl methyl sites for hydroxylation is 1. The van der Waals surface area contributed by atoms with E-state index in [1.54, 1.807) is 21.3 Å².